The maximum Gasteiger partial charge on any atom is 0.174 e. The first-order valence-corrected chi connectivity index (χ1v) is 8.43. The van der Waals surface area contributed by atoms with E-state index in [9.17, 15) is 9.90 Å². The summed E-state index contributed by atoms with van der Waals surface area (Å²) in [6, 6.07) is 3.64. The van der Waals surface area contributed by atoms with Gasteiger partial charge in [-0.15, -0.1) is 6.58 Å². The van der Waals surface area contributed by atoms with Crippen molar-refractivity contribution in [2.45, 2.75) is 49.3 Å². The Labute approximate surface area is 141 Å². The lowest BCUT2D eigenvalue weighted by Crippen LogP contribution is -2.72. The van der Waals surface area contributed by atoms with E-state index in [2.05, 4.69) is 18.8 Å². The van der Waals surface area contributed by atoms with E-state index in [1.165, 1.54) is 0 Å². The van der Waals surface area contributed by atoms with Crippen LogP contribution in [0.4, 0.5) is 0 Å². The highest BCUT2D eigenvalue weighted by molar-refractivity contribution is 5.89. The largest absolute Gasteiger partial charge is 0.504 e. The molecule has 0 saturated heterocycles. The molecule has 24 heavy (non-hydrogen) atoms. The third kappa shape index (κ3) is 1.64. The van der Waals surface area contributed by atoms with Crippen molar-refractivity contribution in [3.63, 3.8) is 0 Å². The molecule has 4 rings (SSSR count). The quantitative estimate of drug-likeness (QED) is 0.825. The fourth-order valence-electron chi connectivity index (χ4n) is 5.20. The summed E-state index contributed by atoms with van der Waals surface area (Å²) in [6.07, 6.45) is 3.05. The summed E-state index contributed by atoms with van der Waals surface area (Å²) in [5, 5.41) is 13.8. The number of carbonyl (C=O) groups is 1. The van der Waals surface area contributed by atoms with Gasteiger partial charge in [0.1, 0.15) is 0 Å². The summed E-state index contributed by atoms with van der Waals surface area (Å²) in [5.74, 6) is 0.634. The number of ether oxygens (including phenoxy) is 2. The number of aromatic hydroxyl groups is 1. The molecule has 1 aromatic rings. The Bertz CT molecular complexity index is 730. The first-order valence-electron chi connectivity index (χ1n) is 8.43. The van der Waals surface area contributed by atoms with Crippen LogP contribution >= 0.6 is 0 Å². The number of benzene rings is 1. The predicted molar refractivity (Wildman–Crippen MR) is 89.5 cm³/mol. The Morgan fingerprint density at radius 2 is 2.33 bits per heavy atom. The number of ketones is 1. The van der Waals surface area contributed by atoms with Gasteiger partial charge < -0.3 is 19.9 Å². The number of carbonyl (C=O) groups excluding carboxylic acids is 1. The average molecular weight is 329 g/mol. The summed E-state index contributed by atoms with van der Waals surface area (Å²) >= 11 is 0. The van der Waals surface area contributed by atoms with E-state index in [1.54, 1.807) is 13.2 Å². The number of phenolic OH excluding ortho intramolecular Hbond substituents is 1. The van der Waals surface area contributed by atoms with Gasteiger partial charge in [-0.2, -0.15) is 0 Å². The van der Waals surface area contributed by atoms with Crippen LogP contribution in [0, 0.1) is 0 Å². The monoisotopic (exact) mass is 329 g/mol. The maximum absolute atomic E-state index is 12.6. The second-order valence-corrected chi connectivity index (χ2v) is 7.16. The second kappa shape index (κ2) is 5.07. The summed E-state index contributed by atoms with van der Waals surface area (Å²) in [5.41, 5.74) is 0.883. The van der Waals surface area contributed by atoms with E-state index in [1.807, 2.05) is 12.1 Å². The van der Waals surface area contributed by atoms with Gasteiger partial charge in [0.2, 0.25) is 0 Å². The molecule has 1 fully saturated rings. The summed E-state index contributed by atoms with van der Waals surface area (Å²) in [4.78, 5) is 12.6. The van der Waals surface area contributed by atoms with Crippen molar-refractivity contribution in [2.75, 3.05) is 13.7 Å². The number of rotatable bonds is 4. The SMILES string of the molecule is C=CCN[C@H]1Cc2ccc(O)c3c2C2(C)[C@H](O3)C(=O)CC[C@]12OC. The van der Waals surface area contributed by atoms with Crippen molar-refractivity contribution in [2.24, 2.45) is 0 Å². The van der Waals surface area contributed by atoms with Gasteiger partial charge in [-0.25, -0.2) is 0 Å². The van der Waals surface area contributed by atoms with Gasteiger partial charge in [-0.05, 0) is 31.4 Å². The van der Waals surface area contributed by atoms with Gasteiger partial charge >= 0.3 is 0 Å². The van der Waals surface area contributed by atoms with Crippen LogP contribution in [0.15, 0.2) is 24.8 Å². The van der Waals surface area contributed by atoms with Gasteiger partial charge in [0.25, 0.3) is 0 Å². The third-order valence-electron chi connectivity index (χ3n) is 6.28. The highest BCUT2D eigenvalue weighted by Crippen LogP contribution is 2.61. The molecule has 1 aliphatic heterocycles. The van der Waals surface area contributed by atoms with Crippen molar-refractivity contribution in [3.8, 4) is 11.5 Å². The second-order valence-electron chi connectivity index (χ2n) is 7.16. The minimum absolute atomic E-state index is 0.0488. The van der Waals surface area contributed by atoms with Gasteiger partial charge in [-0.3, -0.25) is 4.79 Å². The molecule has 4 atom stereocenters. The van der Waals surface area contributed by atoms with Gasteiger partial charge in [0, 0.05) is 31.7 Å². The number of Topliss-reactive ketones (excluding diaryl/α,β-unsaturated/α-hetero) is 1. The first kappa shape index (κ1) is 15.7. The molecule has 0 radical (unpaired) electrons. The molecule has 128 valence electrons. The molecule has 0 spiro atoms. The van der Waals surface area contributed by atoms with E-state index in [0.29, 0.717) is 25.1 Å². The van der Waals surface area contributed by atoms with E-state index in [0.717, 1.165) is 17.5 Å². The normalized spacial score (nSPS) is 36.2. The molecule has 0 amide bonds. The minimum atomic E-state index is -0.614. The standard InChI is InChI=1S/C19H23NO4/c1-4-9-20-14-10-11-5-6-12(21)16-15(11)18(2)17(24-16)13(22)7-8-19(14,18)23-3/h4-6,14,17,20-21H,1,7-10H2,2-3H3/t14-,17+,18?,19-/m0/s1. The van der Waals surface area contributed by atoms with Crippen LogP contribution in [-0.4, -0.2) is 42.3 Å². The van der Waals surface area contributed by atoms with Crippen LogP contribution in [0.1, 0.15) is 30.9 Å². The molecule has 1 heterocycles. The Morgan fingerprint density at radius 3 is 3.04 bits per heavy atom. The van der Waals surface area contributed by atoms with Crippen LogP contribution in [-0.2, 0) is 21.4 Å². The number of hydrogen-bond donors (Lipinski definition) is 2. The zero-order valence-electron chi connectivity index (χ0n) is 14.1. The molecular formula is C19H23NO4. The lowest BCUT2D eigenvalue weighted by atomic mass is 9.52. The Hall–Kier alpha value is -1.85. The summed E-state index contributed by atoms with van der Waals surface area (Å²) in [6.45, 7) is 6.52. The summed E-state index contributed by atoms with van der Waals surface area (Å²) in [7, 11) is 1.71. The van der Waals surface area contributed by atoms with Gasteiger partial charge in [0.05, 0.1) is 11.0 Å². The molecule has 2 N–H and O–H groups in total. The third-order valence-corrected chi connectivity index (χ3v) is 6.28. The molecule has 2 aliphatic carbocycles. The molecule has 5 heteroatoms. The van der Waals surface area contributed by atoms with Crippen molar-refractivity contribution >= 4 is 5.78 Å². The first-order chi connectivity index (χ1) is 11.5. The van der Waals surface area contributed by atoms with Gasteiger partial charge in [0.15, 0.2) is 23.4 Å². The summed E-state index contributed by atoms with van der Waals surface area (Å²) < 4.78 is 12.1. The van der Waals surface area contributed by atoms with Gasteiger partial charge in [-0.1, -0.05) is 12.1 Å². The topological polar surface area (TPSA) is 67.8 Å². The molecular weight excluding hydrogens is 306 g/mol. The number of phenols is 1. The van der Waals surface area contributed by atoms with Crippen molar-refractivity contribution < 1.29 is 19.4 Å². The van der Waals surface area contributed by atoms with Crippen LogP contribution in [0.3, 0.4) is 0 Å². The van der Waals surface area contributed by atoms with E-state index in [-0.39, 0.29) is 17.6 Å². The van der Waals surface area contributed by atoms with E-state index < -0.39 is 17.1 Å². The molecule has 3 aliphatic rings. The fraction of sp³-hybridized carbons (Fsp3) is 0.526. The molecule has 0 aromatic heterocycles. The smallest absolute Gasteiger partial charge is 0.174 e. The van der Waals surface area contributed by atoms with Crippen molar-refractivity contribution in [1.29, 1.82) is 0 Å². The van der Waals surface area contributed by atoms with Crippen LogP contribution < -0.4 is 10.1 Å². The molecule has 1 unspecified atom stereocenters. The Kier molecular flexibility index (Phi) is 3.31. The number of nitrogens with one attached hydrogen (secondary N) is 1. The van der Waals surface area contributed by atoms with Crippen LogP contribution in [0.5, 0.6) is 11.5 Å². The fourth-order valence-corrected chi connectivity index (χ4v) is 5.20. The van der Waals surface area contributed by atoms with Crippen molar-refractivity contribution in [3.05, 3.63) is 35.9 Å². The number of methoxy groups -OCH3 is 1. The van der Waals surface area contributed by atoms with Crippen LogP contribution in [0.2, 0.25) is 0 Å². The molecule has 5 nitrogen and oxygen atoms in total. The Balaban J connectivity index is 1.97. The molecule has 0 bridgehead atoms. The average Bonchev–Trinajstić information content (AvgIpc) is 2.91. The lowest BCUT2D eigenvalue weighted by Gasteiger charge is -2.57. The highest BCUT2D eigenvalue weighted by atomic mass is 16.5. The zero-order valence-corrected chi connectivity index (χ0v) is 14.1. The number of hydrogen-bond acceptors (Lipinski definition) is 5. The van der Waals surface area contributed by atoms with Crippen LogP contribution in [0.25, 0.3) is 0 Å². The van der Waals surface area contributed by atoms with Crippen molar-refractivity contribution in [1.82, 2.24) is 5.32 Å². The maximum atomic E-state index is 12.6. The van der Waals surface area contributed by atoms with E-state index >= 15 is 0 Å². The molecule has 1 saturated carbocycles. The van der Waals surface area contributed by atoms with E-state index in [4.69, 9.17) is 9.47 Å². The predicted octanol–water partition coefficient (Wildman–Crippen LogP) is 1.86. The zero-order chi connectivity index (χ0) is 17.1. The molecule has 1 aromatic carbocycles. The minimum Gasteiger partial charge on any atom is -0.504 e. The lowest BCUT2D eigenvalue weighted by molar-refractivity contribution is -0.164. The highest BCUT2D eigenvalue weighted by Gasteiger charge is 2.69. The Morgan fingerprint density at radius 1 is 1.54 bits per heavy atom.